The molecule has 0 radical (unpaired) electrons. The van der Waals surface area contributed by atoms with Crippen molar-refractivity contribution in [2.75, 3.05) is 0 Å². The van der Waals surface area contributed by atoms with Crippen molar-refractivity contribution in [3.63, 3.8) is 0 Å². The van der Waals surface area contributed by atoms with Crippen molar-refractivity contribution in [1.82, 2.24) is 0 Å². The number of aromatic hydroxyl groups is 1. The maximum Gasteiger partial charge on any atom is 0.168 e. The van der Waals surface area contributed by atoms with Gasteiger partial charge in [0.1, 0.15) is 5.82 Å². The molecular formula is C11H12F2O2. The summed E-state index contributed by atoms with van der Waals surface area (Å²) in [6.07, 6.45) is 2.18. The van der Waals surface area contributed by atoms with Crippen LogP contribution in [0.4, 0.5) is 8.78 Å². The summed E-state index contributed by atoms with van der Waals surface area (Å²) < 4.78 is 25.8. The molecule has 0 atom stereocenters. The highest BCUT2D eigenvalue weighted by Gasteiger charge is 2.39. The number of rotatable bonds is 3. The van der Waals surface area contributed by atoms with Crippen molar-refractivity contribution >= 4 is 0 Å². The molecule has 0 amide bonds. The second-order valence-electron chi connectivity index (χ2n) is 4.12. The number of aliphatic hydroxyl groups is 1. The van der Waals surface area contributed by atoms with Gasteiger partial charge in [0.15, 0.2) is 11.6 Å². The van der Waals surface area contributed by atoms with Crippen LogP contribution in [-0.4, -0.2) is 15.8 Å². The van der Waals surface area contributed by atoms with Crippen LogP contribution in [0.3, 0.4) is 0 Å². The maximum absolute atomic E-state index is 12.9. The Bertz CT molecular complexity index is 386. The number of phenols is 1. The van der Waals surface area contributed by atoms with Gasteiger partial charge in [0.2, 0.25) is 0 Å². The van der Waals surface area contributed by atoms with Crippen LogP contribution in [0, 0.1) is 11.6 Å². The molecule has 1 aromatic rings. The fourth-order valence-corrected chi connectivity index (χ4v) is 1.57. The number of benzene rings is 1. The molecule has 0 saturated heterocycles. The SMILES string of the molecule is Oc1c(F)cc(F)cc1CCC1(O)CC1. The average molecular weight is 214 g/mol. The summed E-state index contributed by atoms with van der Waals surface area (Å²) in [7, 11) is 0. The van der Waals surface area contributed by atoms with E-state index in [-0.39, 0.29) is 12.0 Å². The topological polar surface area (TPSA) is 40.5 Å². The predicted molar refractivity (Wildman–Crippen MR) is 50.5 cm³/mol. The second kappa shape index (κ2) is 3.45. The summed E-state index contributed by atoms with van der Waals surface area (Å²) >= 11 is 0. The number of hydrogen-bond donors (Lipinski definition) is 2. The Balaban J connectivity index is 2.13. The van der Waals surface area contributed by atoms with Gasteiger partial charge >= 0.3 is 0 Å². The largest absolute Gasteiger partial charge is 0.505 e. The fraction of sp³-hybridized carbons (Fsp3) is 0.455. The second-order valence-corrected chi connectivity index (χ2v) is 4.12. The van der Waals surface area contributed by atoms with Gasteiger partial charge in [-0.1, -0.05) is 0 Å². The zero-order valence-electron chi connectivity index (χ0n) is 8.13. The lowest BCUT2D eigenvalue weighted by Crippen LogP contribution is -2.08. The van der Waals surface area contributed by atoms with Gasteiger partial charge in [0.25, 0.3) is 0 Å². The van der Waals surface area contributed by atoms with Crippen LogP contribution in [0.5, 0.6) is 5.75 Å². The van der Waals surface area contributed by atoms with Crippen molar-refractivity contribution in [3.05, 3.63) is 29.3 Å². The first-order chi connectivity index (χ1) is 7.00. The standard InChI is InChI=1S/C11H12F2O2/c12-8-5-7(10(14)9(13)6-8)1-2-11(15)3-4-11/h5-6,14-15H,1-4H2. The Morgan fingerprint density at radius 1 is 1.27 bits per heavy atom. The zero-order valence-corrected chi connectivity index (χ0v) is 8.13. The molecule has 2 rings (SSSR count). The van der Waals surface area contributed by atoms with Gasteiger partial charge in [-0.3, -0.25) is 0 Å². The molecule has 0 aromatic heterocycles. The van der Waals surface area contributed by atoms with Gasteiger partial charge in [0.05, 0.1) is 5.60 Å². The molecule has 2 N–H and O–H groups in total. The summed E-state index contributed by atoms with van der Waals surface area (Å²) in [5.74, 6) is -2.17. The van der Waals surface area contributed by atoms with Crippen LogP contribution in [0.1, 0.15) is 24.8 Å². The maximum atomic E-state index is 12.9. The lowest BCUT2D eigenvalue weighted by atomic mass is 10.0. The summed E-state index contributed by atoms with van der Waals surface area (Å²) in [6.45, 7) is 0. The molecule has 1 saturated carbocycles. The van der Waals surface area contributed by atoms with Crippen LogP contribution >= 0.6 is 0 Å². The van der Waals surface area contributed by atoms with Crippen molar-refractivity contribution in [3.8, 4) is 5.75 Å². The fourth-order valence-electron chi connectivity index (χ4n) is 1.57. The van der Waals surface area contributed by atoms with E-state index in [1.54, 1.807) is 0 Å². The molecule has 1 fully saturated rings. The third kappa shape index (κ3) is 2.26. The summed E-state index contributed by atoms with van der Waals surface area (Å²) in [5.41, 5.74) is -0.456. The van der Waals surface area contributed by atoms with Gasteiger partial charge in [-0.15, -0.1) is 0 Å². The summed E-state index contributed by atoms with van der Waals surface area (Å²) in [5, 5.41) is 18.9. The smallest absolute Gasteiger partial charge is 0.168 e. The van der Waals surface area contributed by atoms with Crippen LogP contribution in [0.15, 0.2) is 12.1 Å². The normalized spacial score (nSPS) is 17.8. The molecule has 1 aliphatic carbocycles. The van der Waals surface area contributed by atoms with Gasteiger partial charge < -0.3 is 10.2 Å². The van der Waals surface area contributed by atoms with Crippen LogP contribution in [0.25, 0.3) is 0 Å². The minimum atomic E-state index is -0.951. The Morgan fingerprint density at radius 3 is 2.53 bits per heavy atom. The van der Waals surface area contributed by atoms with Crippen molar-refractivity contribution in [2.24, 2.45) is 0 Å². The first-order valence-corrected chi connectivity index (χ1v) is 4.89. The highest BCUT2D eigenvalue weighted by molar-refractivity contribution is 5.34. The minimum Gasteiger partial charge on any atom is -0.505 e. The van der Waals surface area contributed by atoms with E-state index in [9.17, 15) is 19.0 Å². The van der Waals surface area contributed by atoms with Crippen LogP contribution in [0.2, 0.25) is 0 Å². The molecule has 82 valence electrons. The van der Waals surface area contributed by atoms with Crippen molar-refractivity contribution < 1.29 is 19.0 Å². The van der Waals surface area contributed by atoms with E-state index in [2.05, 4.69) is 0 Å². The molecule has 0 spiro atoms. The molecule has 1 aromatic carbocycles. The van der Waals surface area contributed by atoms with Gasteiger partial charge in [-0.05, 0) is 37.3 Å². The van der Waals surface area contributed by atoms with Gasteiger partial charge in [-0.25, -0.2) is 8.78 Å². The molecule has 0 bridgehead atoms. The van der Waals surface area contributed by atoms with Gasteiger partial charge in [-0.2, -0.15) is 0 Å². The quantitative estimate of drug-likeness (QED) is 0.809. The van der Waals surface area contributed by atoms with E-state index in [4.69, 9.17) is 0 Å². The first-order valence-electron chi connectivity index (χ1n) is 4.89. The zero-order chi connectivity index (χ0) is 11.1. The van der Waals surface area contributed by atoms with Crippen LogP contribution < -0.4 is 0 Å². The van der Waals surface area contributed by atoms with Crippen molar-refractivity contribution in [1.29, 1.82) is 0 Å². The molecule has 4 heteroatoms. The number of hydrogen-bond acceptors (Lipinski definition) is 2. The predicted octanol–water partition coefficient (Wildman–Crippen LogP) is 2.13. The third-order valence-corrected chi connectivity index (χ3v) is 2.79. The molecule has 0 heterocycles. The van der Waals surface area contributed by atoms with Gasteiger partial charge in [0, 0.05) is 6.07 Å². The molecule has 1 aliphatic rings. The number of aryl methyl sites for hydroxylation is 1. The third-order valence-electron chi connectivity index (χ3n) is 2.79. The Kier molecular flexibility index (Phi) is 2.38. The summed E-state index contributed by atoms with van der Waals surface area (Å²) in [4.78, 5) is 0. The highest BCUT2D eigenvalue weighted by atomic mass is 19.1. The number of halogens is 2. The first kappa shape index (κ1) is 10.4. The van der Waals surface area contributed by atoms with E-state index in [0.717, 1.165) is 18.9 Å². The Hall–Kier alpha value is -1.16. The lowest BCUT2D eigenvalue weighted by molar-refractivity contribution is 0.140. The van der Waals surface area contributed by atoms with E-state index < -0.39 is 23.0 Å². The van der Waals surface area contributed by atoms with E-state index >= 15 is 0 Å². The minimum absolute atomic E-state index is 0.216. The van der Waals surface area contributed by atoms with E-state index in [1.807, 2.05) is 0 Å². The average Bonchev–Trinajstić information content (AvgIpc) is 2.88. The summed E-state index contributed by atoms with van der Waals surface area (Å²) in [6, 6.07) is 1.74. The molecule has 0 unspecified atom stereocenters. The van der Waals surface area contributed by atoms with E-state index in [0.29, 0.717) is 12.5 Å². The lowest BCUT2D eigenvalue weighted by Gasteiger charge is -2.09. The van der Waals surface area contributed by atoms with Crippen molar-refractivity contribution in [2.45, 2.75) is 31.3 Å². The molecule has 0 aliphatic heterocycles. The van der Waals surface area contributed by atoms with E-state index in [1.165, 1.54) is 0 Å². The highest BCUT2D eigenvalue weighted by Crippen LogP contribution is 2.40. The Labute approximate surface area is 86.2 Å². The Morgan fingerprint density at radius 2 is 1.93 bits per heavy atom. The molecule has 2 nitrogen and oxygen atoms in total. The van der Waals surface area contributed by atoms with Crippen LogP contribution in [-0.2, 0) is 6.42 Å². The monoisotopic (exact) mass is 214 g/mol. The molecular weight excluding hydrogens is 202 g/mol. The number of phenolic OH excluding ortho intramolecular Hbond substituents is 1. The molecule has 15 heavy (non-hydrogen) atoms.